The molecule has 2 aromatic carbocycles. The van der Waals surface area contributed by atoms with Gasteiger partial charge in [0.25, 0.3) is 0 Å². The Bertz CT molecular complexity index is 1070. The maximum atomic E-state index is 12.6. The van der Waals surface area contributed by atoms with Crippen LogP contribution in [0, 0.1) is 18.1 Å². The molecule has 0 atom stereocenters. The van der Waals surface area contributed by atoms with Gasteiger partial charge in [0.2, 0.25) is 0 Å². The lowest BCUT2D eigenvalue weighted by Gasteiger charge is -2.15. The number of hydrogen-bond acceptors (Lipinski definition) is 3. The molecule has 0 unspecified atom stereocenters. The van der Waals surface area contributed by atoms with Gasteiger partial charge in [-0.05, 0) is 54.7 Å². The van der Waals surface area contributed by atoms with Gasteiger partial charge in [0.15, 0.2) is 0 Å². The predicted octanol–water partition coefficient (Wildman–Crippen LogP) is 5.00. The van der Waals surface area contributed by atoms with Crippen molar-refractivity contribution in [3.63, 3.8) is 0 Å². The van der Waals surface area contributed by atoms with Gasteiger partial charge in [0.05, 0.1) is 23.9 Å². The third-order valence-corrected chi connectivity index (χ3v) is 4.88. The molecule has 0 aliphatic rings. The van der Waals surface area contributed by atoms with Crippen LogP contribution in [-0.4, -0.2) is 36.8 Å². The van der Waals surface area contributed by atoms with E-state index in [0.29, 0.717) is 5.56 Å². The molecule has 3 aromatic rings. The van der Waals surface area contributed by atoms with Crippen LogP contribution in [0.3, 0.4) is 0 Å². The van der Waals surface area contributed by atoms with E-state index in [1.807, 2.05) is 55.5 Å². The Morgan fingerprint density at radius 3 is 2.41 bits per heavy atom. The molecule has 0 aliphatic carbocycles. The van der Waals surface area contributed by atoms with E-state index < -0.39 is 10.0 Å². The second-order valence-electron chi connectivity index (χ2n) is 7.11. The molecule has 0 bridgehead atoms. The summed E-state index contributed by atoms with van der Waals surface area (Å²) in [7, 11) is 0.480. The summed E-state index contributed by atoms with van der Waals surface area (Å²) in [5, 5.41) is 4.09. The standard InChI is InChI=1S/C23H23NO2S/c1-16-21(23(25)26-2)19-15-17(13-14-27(3,4)5)11-12-20(19)24-22(16)18-9-7-6-8-10-18/h6-12,15H,1-5H3. The molecule has 0 aliphatic heterocycles. The van der Waals surface area contributed by atoms with Crippen molar-refractivity contribution in [1.82, 2.24) is 4.98 Å². The smallest absolute Gasteiger partial charge is 0.338 e. The zero-order valence-corrected chi connectivity index (χ0v) is 17.1. The van der Waals surface area contributed by atoms with Gasteiger partial charge in [-0.2, -0.15) is 10.0 Å². The van der Waals surface area contributed by atoms with E-state index >= 15 is 0 Å². The number of ether oxygens (including phenoxy) is 1. The highest BCUT2D eigenvalue weighted by atomic mass is 32.3. The monoisotopic (exact) mass is 377 g/mol. The maximum Gasteiger partial charge on any atom is 0.338 e. The quantitative estimate of drug-likeness (QED) is 0.466. The third kappa shape index (κ3) is 4.15. The van der Waals surface area contributed by atoms with E-state index in [1.165, 1.54) is 7.11 Å². The predicted molar refractivity (Wildman–Crippen MR) is 115 cm³/mol. The van der Waals surface area contributed by atoms with Crippen LogP contribution in [0.5, 0.6) is 0 Å². The van der Waals surface area contributed by atoms with Crippen LogP contribution < -0.4 is 0 Å². The summed E-state index contributed by atoms with van der Waals surface area (Å²) in [5.74, 6) is 2.88. The average molecular weight is 378 g/mol. The molecule has 0 fully saturated rings. The first-order chi connectivity index (χ1) is 12.8. The minimum Gasteiger partial charge on any atom is -0.465 e. The second-order valence-corrected chi connectivity index (χ2v) is 11.0. The Hall–Kier alpha value is -2.77. The topological polar surface area (TPSA) is 39.2 Å². The lowest BCUT2D eigenvalue weighted by atomic mass is 9.97. The molecule has 0 radical (unpaired) electrons. The molecule has 0 amide bonds. The first kappa shape index (κ1) is 19.0. The van der Waals surface area contributed by atoms with E-state index in [0.717, 1.165) is 33.3 Å². The molecule has 138 valence electrons. The number of rotatable bonds is 2. The number of carbonyl (C=O) groups is 1. The molecule has 0 saturated heterocycles. The van der Waals surface area contributed by atoms with Crippen molar-refractivity contribution < 1.29 is 9.53 Å². The number of benzene rings is 2. The molecule has 3 rings (SSSR count). The fraction of sp³-hybridized carbons (Fsp3) is 0.217. The molecule has 4 heteroatoms. The first-order valence-corrected chi connectivity index (χ1v) is 11.4. The van der Waals surface area contributed by atoms with Crippen molar-refractivity contribution in [2.45, 2.75) is 6.92 Å². The van der Waals surface area contributed by atoms with Gasteiger partial charge in [-0.1, -0.05) is 36.3 Å². The second kappa shape index (κ2) is 7.46. The largest absolute Gasteiger partial charge is 0.465 e. The number of pyridine rings is 1. The summed E-state index contributed by atoms with van der Waals surface area (Å²) in [4.78, 5) is 17.4. The zero-order valence-electron chi connectivity index (χ0n) is 16.3. The fourth-order valence-corrected chi connectivity index (χ4v) is 3.31. The van der Waals surface area contributed by atoms with Gasteiger partial charge >= 0.3 is 5.97 Å². The summed E-state index contributed by atoms with van der Waals surface area (Å²) in [5.41, 5.74) is 4.76. The third-order valence-electron chi connectivity index (χ3n) is 4.17. The molecule has 0 N–H and O–H groups in total. The Balaban J connectivity index is 2.28. The summed E-state index contributed by atoms with van der Waals surface area (Å²) in [6, 6.07) is 15.7. The van der Waals surface area contributed by atoms with E-state index in [-0.39, 0.29) is 5.97 Å². The lowest BCUT2D eigenvalue weighted by Crippen LogP contribution is -2.08. The molecular formula is C23H23NO2S. The van der Waals surface area contributed by atoms with Gasteiger partial charge in [-0.25, -0.2) is 9.78 Å². The van der Waals surface area contributed by atoms with Gasteiger partial charge < -0.3 is 4.74 Å². The summed E-state index contributed by atoms with van der Waals surface area (Å²) in [6.45, 7) is 1.92. The van der Waals surface area contributed by atoms with Gasteiger partial charge in [-0.3, -0.25) is 0 Å². The Morgan fingerprint density at radius 2 is 1.78 bits per heavy atom. The van der Waals surface area contributed by atoms with Gasteiger partial charge in [0, 0.05) is 16.5 Å². The van der Waals surface area contributed by atoms with E-state index in [9.17, 15) is 4.79 Å². The molecule has 27 heavy (non-hydrogen) atoms. The highest BCUT2D eigenvalue weighted by Crippen LogP contribution is 2.33. The van der Waals surface area contributed by atoms with Crippen molar-refractivity contribution in [2.24, 2.45) is 0 Å². The lowest BCUT2D eigenvalue weighted by molar-refractivity contribution is 0.0602. The number of aromatic nitrogens is 1. The van der Waals surface area contributed by atoms with Crippen molar-refractivity contribution in [3.05, 3.63) is 65.2 Å². The van der Waals surface area contributed by atoms with Crippen LogP contribution in [0.25, 0.3) is 22.2 Å². The average Bonchev–Trinajstić information content (AvgIpc) is 2.65. The van der Waals surface area contributed by atoms with Crippen molar-refractivity contribution in [3.8, 4) is 22.4 Å². The van der Waals surface area contributed by atoms with E-state index in [1.54, 1.807) is 0 Å². The number of methoxy groups -OCH3 is 1. The maximum absolute atomic E-state index is 12.6. The van der Waals surface area contributed by atoms with Gasteiger partial charge in [0.1, 0.15) is 0 Å². The summed E-state index contributed by atoms with van der Waals surface area (Å²) < 4.78 is 5.07. The van der Waals surface area contributed by atoms with Crippen molar-refractivity contribution in [2.75, 3.05) is 25.9 Å². The molecule has 0 spiro atoms. The van der Waals surface area contributed by atoms with Gasteiger partial charge in [-0.15, -0.1) is 0 Å². The van der Waals surface area contributed by atoms with Crippen LogP contribution in [0.15, 0.2) is 48.5 Å². The number of carbonyl (C=O) groups excluding carboxylic acids is 1. The van der Waals surface area contributed by atoms with Crippen molar-refractivity contribution >= 4 is 26.9 Å². The number of fused-ring (bicyclic) bond motifs is 1. The summed E-state index contributed by atoms with van der Waals surface area (Å²) in [6.07, 6.45) is 6.45. The first-order valence-electron chi connectivity index (χ1n) is 8.59. The SMILES string of the molecule is COC(=O)c1c(C)c(-c2ccccc2)nc2ccc(C#CS(C)(C)C)cc12. The molecule has 1 aromatic heterocycles. The molecule has 1 heterocycles. The Labute approximate surface area is 162 Å². The highest BCUT2D eigenvalue weighted by molar-refractivity contribution is 8.35. The number of hydrogen-bond donors (Lipinski definition) is 0. The molecular weight excluding hydrogens is 354 g/mol. The van der Waals surface area contributed by atoms with E-state index in [4.69, 9.17) is 9.72 Å². The zero-order chi connectivity index (χ0) is 19.6. The Kier molecular flexibility index (Phi) is 5.25. The van der Waals surface area contributed by atoms with Crippen LogP contribution in [0.4, 0.5) is 0 Å². The van der Waals surface area contributed by atoms with E-state index in [2.05, 4.69) is 29.9 Å². The van der Waals surface area contributed by atoms with Crippen LogP contribution in [0.2, 0.25) is 0 Å². The molecule has 3 nitrogen and oxygen atoms in total. The minimum absolute atomic E-state index is 0.358. The normalized spacial score (nSPS) is 11.6. The van der Waals surface area contributed by atoms with Crippen LogP contribution >= 0.6 is 10.0 Å². The van der Waals surface area contributed by atoms with Crippen LogP contribution in [-0.2, 0) is 4.74 Å². The number of nitrogens with zero attached hydrogens (tertiary/aromatic N) is 1. The summed E-state index contributed by atoms with van der Waals surface area (Å²) >= 11 is 0. The Morgan fingerprint density at radius 1 is 1.07 bits per heavy atom. The number of esters is 1. The van der Waals surface area contributed by atoms with Crippen LogP contribution in [0.1, 0.15) is 21.5 Å². The highest BCUT2D eigenvalue weighted by Gasteiger charge is 2.19. The fourth-order valence-electron chi connectivity index (χ4n) is 2.89. The minimum atomic E-state index is -0.926. The van der Waals surface area contributed by atoms with Crippen molar-refractivity contribution in [1.29, 1.82) is 0 Å². The molecule has 0 saturated carbocycles.